The van der Waals surface area contributed by atoms with Gasteiger partial charge >= 0.3 is 0 Å². The summed E-state index contributed by atoms with van der Waals surface area (Å²) < 4.78 is 8.35. The third-order valence-electron chi connectivity index (χ3n) is 8.79. The van der Waals surface area contributed by atoms with Gasteiger partial charge in [0.25, 0.3) is 0 Å². The molecule has 0 unspecified atom stereocenters. The lowest BCUT2D eigenvalue weighted by atomic mass is 9.57. The number of hydrogen-bond acceptors (Lipinski definition) is 5. The van der Waals surface area contributed by atoms with Gasteiger partial charge in [0.2, 0.25) is 5.91 Å². The summed E-state index contributed by atoms with van der Waals surface area (Å²) in [5.74, 6) is 2.39. The van der Waals surface area contributed by atoms with Gasteiger partial charge in [-0.1, -0.05) is 18.7 Å². The van der Waals surface area contributed by atoms with Crippen LogP contribution in [0.2, 0.25) is 0 Å². The van der Waals surface area contributed by atoms with Crippen molar-refractivity contribution >= 4 is 22.5 Å². The molecule has 2 aliphatic heterocycles. The standard InChI is InChI=1S/C30H32N6O2/c1-5-25(37)36-16-30(17-36)13-20(14-30)29-32-27(19-7-9-23-24(12-19)38-11-10-34(23)3)28(35(29)4)26-18(2)6-8-22-21(26)15-31-33-22/h5-9,12,15,20H,1,10-11,13-14,16-17H2,2-4H3,(H,31,33). The summed E-state index contributed by atoms with van der Waals surface area (Å²) >= 11 is 0. The van der Waals surface area contributed by atoms with Crippen molar-refractivity contribution in [3.05, 3.63) is 60.6 Å². The maximum absolute atomic E-state index is 12.0. The predicted octanol–water partition coefficient (Wildman–Crippen LogP) is 4.66. The number of carbonyl (C=O) groups is 1. The molecule has 4 heterocycles. The maximum atomic E-state index is 12.0. The molecule has 3 aliphatic rings. The fraction of sp³-hybridized carbons (Fsp3) is 0.367. The van der Waals surface area contributed by atoms with Gasteiger partial charge in [0.1, 0.15) is 18.2 Å². The number of aromatic nitrogens is 4. The molecule has 8 nitrogen and oxygen atoms in total. The number of nitrogens with one attached hydrogen (secondary N) is 1. The fourth-order valence-corrected chi connectivity index (χ4v) is 6.79. The van der Waals surface area contributed by atoms with E-state index in [2.05, 4.69) is 77.6 Å². The molecule has 2 aromatic heterocycles. The second-order valence-corrected chi connectivity index (χ2v) is 11.3. The molecule has 38 heavy (non-hydrogen) atoms. The monoisotopic (exact) mass is 508 g/mol. The Balaban J connectivity index is 1.33. The number of ether oxygens (including phenoxy) is 1. The van der Waals surface area contributed by atoms with Gasteiger partial charge in [-0.05, 0) is 49.6 Å². The van der Waals surface area contributed by atoms with Crippen molar-refractivity contribution < 1.29 is 9.53 Å². The molecular formula is C30H32N6O2. The van der Waals surface area contributed by atoms with Gasteiger partial charge < -0.3 is 19.1 Å². The highest BCUT2D eigenvalue weighted by atomic mass is 16.5. The van der Waals surface area contributed by atoms with Gasteiger partial charge in [0.15, 0.2) is 0 Å². The van der Waals surface area contributed by atoms with Crippen LogP contribution in [-0.2, 0) is 11.8 Å². The summed E-state index contributed by atoms with van der Waals surface area (Å²) in [6, 6.07) is 10.7. The molecular weight excluding hydrogens is 476 g/mol. The number of fused-ring (bicyclic) bond motifs is 2. The minimum Gasteiger partial charge on any atom is -0.490 e. The van der Waals surface area contributed by atoms with Gasteiger partial charge in [0.05, 0.1) is 35.3 Å². The minimum atomic E-state index is 0.0320. The van der Waals surface area contributed by atoms with Crippen LogP contribution in [0.1, 0.15) is 30.1 Å². The van der Waals surface area contributed by atoms with Crippen LogP contribution in [0.4, 0.5) is 5.69 Å². The minimum absolute atomic E-state index is 0.0320. The molecule has 8 heteroatoms. The van der Waals surface area contributed by atoms with Crippen molar-refractivity contribution in [2.45, 2.75) is 25.7 Å². The Hall–Kier alpha value is -4.07. The summed E-state index contributed by atoms with van der Waals surface area (Å²) in [5.41, 5.74) is 7.81. The van der Waals surface area contributed by atoms with E-state index in [4.69, 9.17) is 9.72 Å². The lowest BCUT2D eigenvalue weighted by Gasteiger charge is -2.58. The van der Waals surface area contributed by atoms with Crippen molar-refractivity contribution in [1.29, 1.82) is 0 Å². The molecule has 1 saturated carbocycles. The second kappa shape index (κ2) is 8.21. The third-order valence-corrected chi connectivity index (χ3v) is 8.79. The fourth-order valence-electron chi connectivity index (χ4n) is 6.79. The van der Waals surface area contributed by atoms with E-state index in [1.807, 2.05) is 11.1 Å². The number of nitrogens with zero attached hydrogens (tertiary/aromatic N) is 5. The number of benzene rings is 2. The van der Waals surface area contributed by atoms with Crippen LogP contribution in [0, 0.1) is 12.3 Å². The van der Waals surface area contributed by atoms with E-state index >= 15 is 0 Å². The highest BCUT2D eigenvalue weighted by Gasteiger charge is 2.54. The van der Waals surface area contributed by atoms with E-state index in [0.29, 0.717) is 12.5 Å². The topological polar surface area (TPSA) is 79.3 Å². The van der Waals surface area contributed by atoms with E-state index in [9.17, 15) is 4.79 Å². The van der Waals surface area contributed by atoms with E-state index in [-0.39, 0.29) is 11.3 Å². The van der Waals surface area contributed by atoms with Gasteiger partial charge in [-0.25, -0.2) is 4.98 Å². The first-order valence-corrected chi connectivity index (χ1v) is 13.3. The van der Waals surface area contributed by atoms with Crippen LogP contribution in [-0.4, -0.2) is 63.8 Å². The Morgan fingerprint density at radius 1 is 1.21 bits per heavy atom. The van der Waals surface area contributed by atoms with Gasteiger partial charge in [0, 0.05) is 55.0 Å². The molecule has 1 saturated heterocycles. The average molecular weight is 509 g/mol. The number of rotatable bonds is 4. The molecule has 1 amide bonds. The average Bonchev–Trinajstić information content (AvgIpc) is 3.47. The van der Waals surface area contributed by atoms with Crippen LogP contribution in [0.25, 0.3) is 33.4 Å². The van der Waals surface area contributed by atoms with Crippen LogP contribution in [0.15, 0.2) is 49.2 Å². The van der Waals surface area contributed by atoms with Crippen LogP contribution in [0.5, 0.6) is 5.75 Å². The number of likely N-dealkylation sites (N-methyl/N-ethyl adjacent to an activating group) is 1. The smallest absolute Gasteiger partial charge is 0.245 e. The zero-order chi connectivity index (χ0) is 26.2. The Bertz CT molecular complexity index is 1600. The SMILES string of the molecule is C=CC(=O)N1CC2(CC(c3nc(-c4ccc5c(c4)OCCN5C)c(-c4c(C)ccc5[nH]ncc45)n3C)C2)C1. The first kappa shape index (κ1) is 23.1. The molecule has 0 atom stereocenters. The summed E-state index contributed by atoms with van der Waals surface area (Å²) in [5, 5.41) is 8.57. The van der Waals surface area contributed by atoms with Crippen molar-refractivity contribution in [1.82, 2.24) is 24.6 Å². The number of aromatic amines is 1. The second-order valence-electron chi connectivity index (χ2n) is 11.3. The van der Waals surface area contributed by atoms with E-state index in [1.54, 1.807) is 0 Å². The number of likely N-dealkylation sites (tertiary alicyclic amines) is 1. The predicted molar refractivity (Wildman–Crippen MR) is 148 cm³/mol. The first-order chi connectivity index (χ1) is 18.4. The third kappa shape index (κ3) is 3.32. The largest absolute Gasteiger partial charge is 0.490 e. The number of amides is 1. The molecule has 1 spiro atoms. The number of hydrogen-bond donors (Lipinski definition) is 1. The first-order valence-electron chi connectivity index (χ1n) is 13.3. The molecule has 194 valence electrons. The lowest BCUT2D eigenvalue weighted by molar-refractivity contribution is -0.146. The summed E-state index contributed by atoms with van der Waals surface area (Å²) in [4.78, 5) is 21.5. The van der Waals surface area contributed by atoms with Crippen LogP contribution in [0.3, 0.4) is 0 Å². The quantitative estimate of drug-likeness (QED) is 0.406. The molecule has 2 aromatic carbocycles. The molecule has 2 fully saturated rings. The van der Waals surface area contributed by atoms with Crippen molar-refractivity contribution in [3.8, 4) is 28.3 Å². The number of aryl methyl sites for hydroxylation is 1. The van der Waals surface area contributed by atoms with E-state index in [0.717, 1.165) is 83.2 Å². The van der Waals surface area contributed by atoms with Crippen LogP contribution < -0.4 is 9.64 Å². The molecule has 4 aromatic rings. The Labute approximate surface area is 221 Å². The molecule has 0 radical (unpaired) electrons. The van der Waals surface area contributed by atoms with Gasteiger partial charge in [-0.3, -0.25) is 9.89 Å². The zero-order valence-electron chi connectivity index (χ0n) is 22.1. The molecule has 1 N–H and O–H groups in total. The Morgan fingerprint density at radius 3 is 2.82 bits per heavy atom. The molecule has 0 bridgehead atoms. The molecule has 1 aliphatic carbocycles. The number of anilines is 1. The summed E-state index contributed by atoms with van der Waals surface area (Å²) in [6.45, 7) is 8.99. The van der Waals surface area contributed by atoms with E-state index < -0.39 is 0 Å². The summed E-state index contributed by atoms with van der Waals surface area (Å²) in [6.07, 6.45) is 5.42. The van der Waals surface area contributed by atoms with Crippen molar-refractivity contribution in [3.63, 3.8) is 0 Å². The highest BCUT2D eigenvalue weighted by molar-refractivity contribution is 5.99. The zero-order valence-corrected chi connectivity index (χ0v) is 22.1. The van der Waals surface area contributed by atoms with E-state index in [1.165, 1.54) is 11.6 Å². The number of H-pyrrole nitrogens is 1. The van der Waals surface area contributed by atoms with Gasteiger partial charge in [-0.15, -0.1) is 0 Å². The number of imidazole rings is 1. The normalized spacial score (nSPS) is 18.2. The Kier molecular flexibility index (Phi) is 4.99. The summed E-state index contributed by atoms with van der Waals surface area (Å²) in [7, 11) is 4.24. The lowest BCUT2D eigenvalue weighted by Crippen LogP contribution is -2.63. The number of carbonyl (C=O) groups excluding carboxylic acids is 1. The van der Waals surface area contributed by atoms with Crippen molar-refractivity contribution in [2.75, 3.05) is 38.2 Å². The van der Waals surface area contributed by atoms with Crippen LogP contribution >= 0.6 is 0 Å². The van der Waals surface area contributed by atoms with Gasteiger partial charge in [-0.2, -0.15) is 5.10 Å². The maximum Gasteiger partial charge on any atom is 0.245 e. The molecule has 7 rings (SSSR count). The highest BCUT2D eigenvalue weighted by Crippen LogP contribution is 2.56. The Morgan fingerprint density at radius 2 is 2.03 bits per heavy atom. The van der Waals surface area contributed by atoms with Crippen molar-refractivity contribution in [2.24, 2.45) is 12.5 Å².